The number of piperidine rings is 1. The Morgan fingerprint density at radius 3 is 2.76 bits per heavy atom. The number of pyridine rings is 1. The van der Waals surface area contributed by atoms with Crippen LogP contribution < -0.4 is 20.7 Å². The lowest BCUT2D eigenvalue weighted by Crippen LogP contribution is -2.38. The van der Waals surface area contributed by atoms with Crippen LogP contribution in [0.2, 0.25) is 0 Å². The molecule has 2 aliphatic rings. The van der Waals surface area contributed by atoms with Gasteiger partial charge in [0.2, 0.25) is 23.7 Å². The fraction of sp³-hybridized carbons (Fsp3) is 0.355. The summed E-state index contributed by atoms with van der Waals surface area (Å²) in [6, 6.07) is 15.1. The summed E-state index contributed by atoms with van der Waals surface area (Å²) in [6.45, 7) is 3.83. The van der Waals surface area contributed by atoms with E-state index in [0.717, 1.165) is 42.3 Å². The number of fused-ring (bicyclic) bond motifs is 1. The zero-order valence-electron chi connectivity index (χ0n) is 22.8. The Kier molecular flexibility index (Phi) is 7.49. The predicted octanol–water partition coefficient (Wildman–Crippen LogP) is 6.33. The zero-order chi connectivity index (χ0) is 28.4. The Morgan fingerprint density at radius 1 is 1.05 bits per heavy atom. The second-order valence-electron chi connectivity index (χ2n) is 10.8. The van der Waals surface area contributed by atoms with Gasteiger partial charge in [-0.15, -0.1) is 0 Å². The maximum atomic E-state index is 13.7. The lowest BCUT2D eigenvalue weighted by atomic mass is 10.0. The molecule has 1 aliphatic heterocycles. The van der Waals surface area contributed by atoms with Gasteiger partial charge in [-0.05, 0) is 62.6 Å². The number of halogens is 2. The van der Waals surface area contributed by atoms with E-state index in [9.17, 15) is 13.6 Å². The van der Waals surface area contributed by atoms with Gasteiger partial charge in [-0.2, -0.15) is 0 Å². The summed E-state index contributed by atoms with van der Waals surface area (Å²) in [5.41, 5.74) is 2.82. The van der Waals surface area contributed by atoms with E-state index in [4.69, 9.17) is 9.72 Å². The summed E-state index contributed by atoms with van der Waals surface area (Å²) in [4.78, 5) is 26.5. The molecule has 0 spiro atoms. The van der Waals surface area contributed by atoms with Gasteiger partial charge in [0, 0.05) is 60.2 Å². The third-order valence-electron chi connectivity index (χ3n) is 7.77. The minimum Gasteiger partial charge on any atom is -0.437 e. The van der Waals surface area contributed by atoms with Crippen LogP contribution in [0.15, 0.2) is 60.9 Å². The van der Waals surface area contributed by atoms with Crippen molar-refractivity contribution in [1.82, 2.24) is 20.3 Å². The van der Waals surface area contributed by atoms with Gasteiger partial charge in [-0.3, -0.25) is 4.79 Å². The number of nitrogens with one attached hydrogen (secondary N) is 3. The molecule has 4 aromatic rings. The first-order valence-corrected chi connectivity index (χ1v) is 14.0. The van der Waals surface area contributed by atoms with Crippen LogP contribution in [0.3, 0.4) is 0 Å². The second kappa shape index (κ2) is 11.4. The summed E-state index contributed by atoms with van der Waals surface area (Å²) in [6.07, 6.45) is 5.04. The van der Waals surface area contributed by atoms with Crippen LogP contribution in [-0.4, -0.2) is 45.9 Å². The van der Waals surface area contributed by atoms with Crippen LogP contribution in [0.1, 0.15) is 37.7 Å². The quantitative estimate of drug-likeness (QED) is 0.244. The van der Waals surface area contributed by atoms with E-state index >= 15 is 0 Å². The highest BCUT2D eigenvalue weighted by Crippen LogP contribution is 2.41. The number of rotatable bonds is 7. The van der Waals surface area contributed by atoms with E-state index < -0.39 is 18.3 Å². The Bertz CT molecular complexity index is 1570. The van der Waals surface area contributed by atoms with Gasteiger partial charge in [-0.25, -0.2) is 23.7 Å². The fourth-order valence-electron chi connectivity index (χ4n) is 5.59. The number of hydrogen-bond donors (Lipinski definition) is 3. The predicted molar refractivity (Wildman–Crippen MR) is 154 cm³/mol. The van der Waals surface area contributed by atoms with Gasteiger partial charge in [0.1, 0.15) is 5.75 Å². The first-order chi connectivity index (χ1) is 19.9. The highest BCUT2D eigenvalue weighted by molar-refractivity contribution is 6.05. The van der Waals surface area contributed by atoms with Crippen molar-refractivity contribution in [2.24, 2.45) is 5.92 Å². The third kappa shape index (κ3) is 5.97. The number of ether oxygens (including phenoxy) is 1. The van der Waals surface area contributed by atoms with Crippen LogP contribution in [0.5, 0.6) is 11.6 Å². The standard InChI is InChI=1S/C31H32F2N6O2/c1-19-9-10-22-23(6-2-8-25(22)38-28(40)20-11-13-31(32,33)17-20)27(19)41-29-24(7-4-15-35-29)26-12-16-36-30(39-26)37-21-5-3-14-34-18-21/h2,4,6-10,12,15-16,20-21,34H,3,5,11,13-14,17-18H2,1H3,(H,38,40)(H,36,37,39)/t20-,21-/m0/s1. The summed E-state index contributed by atoms with van der Waals surface area (Å²) in [7, 11) is 0. The average molecular weight is 559 g/mol. The molecule has 3 heterocycles. The Labute approximate surface area is 237 Å². The molecule has 2 aromatic heterocycles. The number of amides is 1. The maximum absolute atomic E-state index is 13.7. The second-order valence-corrected chi connectivity index (χ2v) is 10.8. The smallest absolute Gasteiger partial charge is 0.248 e. The highest BCUT2D eigenvalue weighted by Gasteiger charge is 2.42. The molecule has 2 atom stereocenters. The van der Waals surface area contributed by atoms with E-state index in [0.29, 0.717) is 34.5 Å². The number of aryl methyl sites for hydroxylation is 1. The van der Waals surface area contributed by atoms with Crippen molar-refractivity contribution >= 4 is 28.3 Å². The number of aromatic nitrogens is 3. The van der Waals surface area contributed by atoms with Gasteiger partial charge in [0.15, 0.2) is 0 Å². The van der Waals surface area contributed by atoms with Crippen LogP contribution in [0.4, 0.5) is 20.4 Å². The average Bonchev–Trinajstić information content (AvgIpc) is 3.35. The number of hydrogen-bond acceptors (Lipinski definition) is 7. The molecule has 0 bridgehead atoms. The molecule has 3 N–H and O–H groups in total. The third-order valence-corrected chi connectivity index (χ3v) is 7.77. The molecule has 6 rings (SSSR count). The Morgan fingerprint density at radius 2 is 1.95 bits per heavy atom. The van der Waals surface area contributed by atoms with Crippen molar-refractivity contribution in [1.29, 1.82) is 0 Å². The first-order valence-electron chi connectivity index (χ1n) is 14.0. The van der Waals surface area contributed by atoms with Gasteiger partial charge in [0.25, 0.3) is 0 Å². The lowest BCUT2D eigenvalue weighted by molar-refractivity contribution is -0.120. The van der Waals surface area contributed by atoms with Crippen molar-refractivity contribution < 1.29 is 18.3 Å². The van der Waals surface area contributed by atoms with Gasteiger partial charge < -0.3 is 20.7 Å². The van der Waals surface area contributed by atoms with Crippen LogP contribution in [-0.2, 0) is 4.79 Å². The Hall–Kier alpha value is -4.18. The molecule has 1 amide bonds. The molecule has 2 aromatic carbocycles. The number of alkyl halides is 2. The minimum absolute atomic E-state index is 0.178. The van der Waals surface area contributed by atoms with Gasteiger partial charge in [0.05, 0.1) is 11.3 Å². The molecule has 0 unspecified atom stereocenters. The lowest BCUT2D eigenvalue weighted by Gasteiger charge is -2.23. The van der Waals surface area contributed by atoms with Crippen molar-refractivity contribution in [3.05, 3.63) is 66.5 Å². The van der Waals surface area contributed by atoms with E-state index in [1.165, 1.54) is 0 Å². The van der Waals surface area contributed by atoms with Gasteiger partial charge in [-0.1, -0.05) is 24.3 Å². The van der Waals surface area contributed by atoms with E-state index in [1.807, 2.05) is 49.4 Å². The van der Waals surface area contributed by atoms with Gasteiger partial charge >= 0.3 is 0 Å². The van der Waals surface area contributed by atoms with E-state index in [1.54, 1.807) is 18.5 Å². The van der Waals surface area contributed by atoms with E-state index in [-0.39, 0.29) is 24.8 Å². The zero-order valence-corrected chi connectivity index (χ0v) is 22.8. The maximum Gasteiger partial charge on any atom is 0.248 e. The highest BCUT2D eigenvalue weighted by atomic mass is 19.3. The number of benzene rings is 2. The minimum atomic E-state index is -2.78. The van der Waals surface area contributed by atoms with Crippen molar-refractivity contribution in [3.8, 4) is 22.9 Å². The molecule has 1 saturated heterocycles. The number of carbonyl (C=O) groups is 1. The Balaban J connectivity index is 1.29. The molecule has 41 heavy (non-hydrogen) atoms. The summed E-state index contributed by atoms with van der Waals surface area (Å²) in [5, 5.41) is 11.2. The van der Waals surface area contributed by atoms with Crippen LogP contribution in [0.25, 0.3) is 22.0 Å². The summed E-state index contributed by atoms with van der Waals surface area (Å²) < 4.78 is 33.9. The van der Waals surface area contributed by atoms with Crippen molar-refractivity contribution in [3.63, 3.8) is 0 Å². The first kappa shape index (κ1) is 27.0. The normalized spacial score (nSPS) is 20.1. The van der Waals surface area contributed by atoms with Crippen molar-refractivity contribution in [2.45, 2.75) is 51.0 Å². The molecule has 1 aliphatic carbocycles. The molecule has 8 nitrogen and oxygen atoms in total. The number of nitrogens with zero attached hydrogens (tertiary/aromatic N) is 3. The van der Waals surface area contributed by atoms with Crippen molar-refractivity contribution in [2.75, 3.05) is 23.7 Å². The van der Waals surface area contributed by atoms with Crippen LogP contribution >= 0.6 is 0 Å². The largest absolute Gasteiger partial charge is 0.437 e. The topological polar surface area (TPSA) is 101 Å². The molecule has 0 radical (unpaired) electrons. The molecule has 10 heteroatoms. The summed E-state index contributed by atoms with van der Waals surface area (Å²) in [5.74, 6) is -2.36. The summed E-state index contributed by atoms with van der Waals surface area (Å²) >= 11 is 0. The number of anilines is 2. The molecular weight excluding hydrogens is 526 g/mol. The molecule has 2 fully saturated rings. The monoisotopic (exact) mass is 558 g/mol. The SMILES string of the molecule is Cc1ccc2c(NC(=O)[C@H]3CCC(F)(F)C3)cccc2c1Oc1ncccc1-c1ccnc(N[C@H]2CCCNC2)n1. The molecule has 212 valence electrons. The molecular formula is C31H32F2N6O2. The van der Waals surface area contributed by atoms with E-state index in [2.05, 4.69) is 25.9 Å². The number of carbonyl (C=O) groups excluding carboxylic acids is 1. The molecule has 1 saturated carbocycles. The fourth-order valence-corrected chi connectivity index (χ4v) is 5.59. The van der Waals surface area contributed by atoms with Crippen LogP contribution in [0, 0.1) is 12.8 Å².